The number of fused-ring (bicyclic) bond motifs is 3. The Labute approximate surface area is 180 Å². The first-order chi connectivity index (χ1) is 14.9. The summed E-state index contributed by atoms with van der Waals surface area (Å²) in [4.78, 5) is 12.3. The Morgan fingerprint density at radius 1 is 1.23 bits per heavy atom. The van der Waals surface area contributed by atoms with Gasteiger partial charge in [0.1, 0.15) is 29.5 Å². The van der Waals surface area contributed by atoms with Gasteiger partial charge < -0.3 is 35.3 Å². The van der Waals surface area contributed by atoms with Crippen LogP contribution in [0.4, 0.5) is 0 Å². The van der Waals surface area contributed by atoms with Crippen molar-refractivity contribution < 1.29 is 34.3 Å². The number of amides is 1. The van der Waals surface area contributed by atoms with E-state index < -0.39 is 35.6 Å². The molecule has 2 aromatic carbocycles. The number of unbranched alkanes of at least 4 members (excludes halogenated alkanes) is 1. The molecule has 4 rings (SSSR count). The van der Waals surface area contributed by atoms with Gasteiger partial charge in [-0.3, -0.25) is 4.79 Å². The average molecular weight is 429 g/mol. The first-order valence-corrected chi connectivity index (χ1v) is 10.3. The Kier molecular flexibility index (Phi) is 5.79. The number of methoxy groups -OCH3 is 1. The van der Waals surface area contributed by atoms with E-state index in [2.05, 4.69) is 0 Å². The Morgan fingerprint density at radius 3 is 2.61 bits per heavy atom. The maximum Gasteiger partial charge on any atom is 0.224 e. The SMILES string of the molecule is COc1cc(OCCCCO)cc2c1[C@]1(O)C(O)C(C(N)=O)[C@@H](c3ccccc3)C1O2. The molecule has 1 saturated carbocycles. The average Bonchev–Trinajstić information content (AvgIpc) is 3.18. The van der Waals surface area contributed by atoms with Crippen molar-refractivity contribution in [1.82, 2.24) is 0 Å². The van der Waals surface area contributed by atoms with Crippen LogP contribution in [0.3, 0.4) is 0 Å². The molecule has 8 nitrogen and oxygen atoms in total. The van der Waals surface area contributed by atoms with Gasteiger partial charge in [-0.2, -0.15) is 0 Å². The number of rotatable bonds is 8. The van der Waals surface area contributed by atoms with Gasteiger partial charge in [0.2, 0.25) is 5.91 Å². The van der Waals surface area contributed by atoms with Gasteiger partial charge in [0.05, 0.1) is 25.2 Å². The highest BCUT2D eigenvalue weighted by molar-refractivity contribution is 5.80. The van der Waals surface area contributed by atoms with Gasteiger partial charge in [0, 0.05) is 24.7 Å². The van der Waals surface area contributed by atoms with Crippen molar-refractivity contribution in [2.45, 2.75) is 36.6 Å². The molecule has 166 valence electrons. The van der Waals surface area contributed by atoms with Crippen molar-refractivity contribution in [3.63, 3.8) is 0 Å². The van der Waals surface area contributed by atoms with Gasteiger partial charge in [-0.05, 0) is 18.4 Å². The molecule has 0 aromatic heterocycles. The van der Waals surface area contributed by atoms with Crippen LogP contribution >= 0.6 is 0 Å². The molecule has 0 radical (unpaired) electrons. The van der Waals surface area contributed by atoms with E-state index in [0.717, 1.165) is 5.56 Å². The number of ether oxygens (including phenoxy) is 3. The van der Waals surface area contributed by atoms with E-state index in [4.69, 9.17) is 25.1 Å². The van der Waals surface area contributed by atoms with Crippen molar-refractivity contribution in [1.29, 1.82) is 0 Å². The molecule has 0 spiro atoms. The molecule has 8 heteroatoms. The standard InChI is InChI=1S/C23H27NO7/c1-29-15-11-14(30-10-6-5-9-25)12-16-19(15)23(28)20(26)18(22(24)27)17(21(23)31-16)13-7-3-2-4-8-13/h2-4,7-8,11-12,17-18,20-21,25-26,28H,5-6,9-10H2,1H3,(H2,24,27)/t17-,18?,20?,21?,23+/m1/s1. The second-order valence-electron chi connectivity index (χ2n) is 7.95. The fourth-order valence-electron chi connectivity index (χ4n) is 4.78. The molecule has 2 aromatic rings. The lowest BCUT2D eigenvalue weighted by molar-refractivity contribution is -0.131. The molecular formula is C23H27NO7. The first-order valence-electron chi connectivity index (χ1n) is 10.3. The smallest absolute Gasteiger partial charge is 0.224 e. The predicted octanol–water partition coefficient (Wildman–Crippen LogP) is 1.05. The first kappa shape index (κ1) is 21.4. The zero-order valence-electron chi connectivity index (χ0n) is 17.2. The lowest BCUT2D eigenvalue weighted by atomic mass is 9.86. The van der Waals surface area contributed by atoms with Crippen LogP contribution in [0.25, 0.3) is 0 Å². The van der Waals surface area contributed by atoms with Gasteiger partial charge >= 0.3 is 0 Å². The second-order valence-corrected chi connectivity index (χ2v) is 7.95. The Bertz CT molecular complexity index is 950. The van der Waals surface area contributed by atoms with Gasteiger partial charge in [-0.25, -0.2) is 0 Å². The van der Waals surface area contributed by atoms with Crippen LogP contribution in [0.1, 0.15) is 29.9 Å². The normalized spacial score (nSPS) is 28.5. The molecule has 1 aliphatic carbocycles. The minimum Gasteiger partial charge on any atom is -0.496 e. The second kappa shape index (κ2) is 8.37. The van der Waals surface area contributed by atoms with Crippen LogP contribution < -0.4 is 19.9 Å². The molecule has 1 heterocycles. The van der Waals surface area contributed by atoms with E-state index in [1.807, 2.05) is 30.3 Å². The highest BCUT2D eigenvalue weighted by Crippen LogP contribution is 2.60. The summed E-state index contributed by atoms with van der Waals surface area (Å²) in [6, 6.07) is 12.4. The molecule has 1 fully saturated rings. The minimum atomic E-state index is -1.88. The molecule has 1 aliphatic heterocycles. The van der Waals surface area contributed by atoms with Crippen LogP contribution in [0.2, 0.25) is 0 Å². The van der Waals surface area contributed by atoms with Crippen molar-refractivity contribution in [3.05, 3.63) is 53.6 Å². The zero-order chi connectivity index (χ0) is 22.2. The summed E-state index contributed by atoms with van der Waals surface area (Å²) in [6.45, 7) is 0.490. The van der Waals surface area contributed by atoms with Gasteiger partial charge in [0.15, 0.2) is 5.60 Å². The number of carbonyl (C=O) groups is 1. The third kappa shape index (κ3) is 3.40. The van der Waals surface area contributed by atoms with Crippen LogP contribution in [-0.4, -0.2) is 53.8 Å². The summed E-state index contributed by atoms with van der Waals surface area (Å²) in [5.41, 5.74) is 4.77. The molecule has 5 N–H and O–H groups in total. The van der Waals surface area contributed by atoms with E-state index in [-0.39, 0.29) is 17.9 Å². The fourth-order valence-corrected chi connectivity index (χ4v) is 4.78. The Hall–Kier alpha value is -2.81. The maximum absolute atomic E-state index is 12.3. The summed E-state index contributed by atoms with van der Waals surface area (Å²) < 4.78 is 17.4. The molecule has 1 amide bonds. The highest BCUT2D eigenvalue weighted by Gasteiger charge is 2.68. The summed E-state index contributed by atoms with van der Waals surface area (Å²) >= 11 is 0. The van der Waals surface area contributed by atoms with Crippen LogP contribution in [0.15, 0.2) is 42.5 Å². The predicted molar refractivity (Wildman–Crippen MR) is 111 cm³/mol. The third-order valence-electron chi connectivity index (χ3n) is 6.19. The third-order valence-corrected chi connectivity index (χ3v) is 6.19. The number of benzene rings is 2. The quantitative estimate of drug-likeness (QED) is 0.461. The number of nitrogens with two attached hydrogens (primary N) is 1. The fraction of sp³-hybridized carbons (Fsp3) is 0.435. The van der Waals surface area contributed by atoms with Crippen molar-refractivity contribution in [2.75, 3.05) is 20.3 Å². The number of carbonyl (C=O) groups excluding carboxylic acids is 1. The number of hydrogen-bond acceptors (Lipinski definition) is 7. The lowest BCUT2D eigenvalue weighted by Gasteiger charge is -2.27. The van der Waals surface area contributed by atoms with Gasteiger partial charge in [0.25, 0.3) is 0 Å². The van der Waals surface area contributed by atoms with Gasteiger partial charge in [-0.15, -0.1) is 0 Å². The van der Waals surface area contributed by atoms with Crippen molar-refractivity contribution in [3.8, 4) is 17.2 Å². The molecule has 0 bridgehead atoms. The number of aliphatic hydroxyl groups excluding tert-OH is 2. The summed E-state index contributed by atoms with van der Waals surface area (Å²) in [5.74, 6) is -1.30. The maximum atomic E-state index is 12.3. The molecule has 0 saturated heterocycles. The van der Waals surface area contributed by atoms with Crippen molar-refractivity contribution >= 4 is 5.91 Å². The molecule has 2 aliphatic rings. The zero-order valence-corrected chi connectivity index (χ0v) is 17.2. The Morgan fingerprint density at radius 2 is 1.97 bits per heavy atom. The molecule has 31 heavy (non-hydrogen) atoms. The number of primary amides is 1. The van der Waals surface area contributed by atoms with E-state index in [1.54, 1.807) is 12.1 Å². The highest BCUT2D eigenvalue weighted by atomic mass is 16.5. The van der Waals surface area contributed by atoms with E-state index >= 15 is 0 Å². The summed E-state index contributed by atoms with van der Waals surface area (Å²) in [6.07, 6.45) is -1.11. The van der Waals surface area contributed by atoms with Crippen molar-refractivity contribution in [2.24, 2.45) is 11.7 Å². The van der Waals surface area contributed by atoms with Gasteiger partial charge in [-0.1, -0.05) is 30.3 Å². The molecular weight excluding hydrogens is 402 g/mol. The molecule has 5 atom stereocenters. The largest absolute Gasteiger partial charge is 0.496 e. The Balaban J connectivity index is 1.76. The van der Waals surface area contributed by atoms with E-state index in [0.29, 0.717) is 30.9 Å². The topological polar surface area (TPSA) is 131 Å². The number of aliphatic hydroxyl groups is 3. The summed E-state index contributed by atoms with van der Waals surface area (Å²) in [5, 5.41) is 31.8. The summed E-state index contributed by atoms with van der Waals surface area (Å²) in [7, 11) is 1.45. The van der Waals surface area contributed by atoms with E-state index in [1.165, 1.54) is 7.11 Å². The molecule has 3 unspecified atom stereocenters. The number of hydrogen-bond donors (Lipinski definition) is 4. The lowest BCUT2D eigenvalue weighted by Crippen LogP contribution is -2.44. The van der Waals surface area contributed by atoms with Crippen LogP contribution in [0.5, 0.6) is 17.2 Å². The van der Waals surface area contributed by atoms with Crippen LogP contribution in [-0.2, 0) is 10.4 Å². The van der Waals surface area contributed by atoms with Crippen LogP contribution in [0, 0.1) is 5.92 Å². The monoisotopic (exact) mass is 429 g/mol. The van der Waals surface area contributed by atoms with E-state index in [9.17, 15) is 15.0 Å². The minimum absolute atomic E-state index is 0.0918.